The zero-order valence-corrected chi connectivity index (χ0v) is 8.80. The lowest BCUT2D eigenvalue weighted by atomic mass is 10.4. The number of nitrogens with two attached hydrogens (primary N) is 1. The van der Waals surface area contributed by atoms with Gasteiger partial charge in [0.25, 0.3) is 10.0 Å². The summed E-state index contributed by atoms with van der Waals surface area (Å²) in [5, 5.41) is 8.69. The molecular weight excluding hydrogens is 214 g/mol. The minimum Gasteiger partial charge on any atom is -0.249 e. The van der Waals surface area contributed by atoms with Crippen LogP contribution in [0.25, 0.3) is 0 Å². The van der Waals surface area contributed by atoms with Gasteiger partial charge in [0.15, 0.2) is 5.03 Å². The minimum atomic E-state index is -3.80. The summed E-state index contributed by atoms with van der Waals surface area (Å²) in [4.78, 5) is 0. The van der Waals surface area contributed by atoms with Gasteiger partial charge in [0.1, 0.15) is 0 Å². The fourth-order valence-corrected chi connectivity index (χ4v) is 2.26. The lowest BCUT2D eigenvalue weighted by Gasteiger charge is -2.08. The van der Waals surface area contributed by atoms with Crippen molar-refractivity contribution in [2.24, 2.45) is 5.14 Å². The summed E-state index contributed by atoms with van der Waals surface area (Å²) in [6, 6.07) is -0.0965. The third-order valence-electron chi connectivity index (χ3n) is 1.47. The Morgan fingerprint density at radius 3 is 2.46 bits per heavy atom. The maximum atomic E-state index is 11.1. The molecule has 1 aromatic rings. The van der Waals surface area contributed by atoms with Gasteiger partial charge in [-0.1, -0.05) is 11.6 Å². The Kier molecular flexibility index (Phi) is 2.65. The van der Waals surface area contributed by atoms with Crippen LogP contribution in [0.1, 0.15) is 19.9 Å². The van der Waals surface area contributed by atoms with Gasteiger partial charge in [-0.2, -0.15) is 5.10 Å². The maximum absolute atomic E-state index is 11.1. The second kappa shape index (κ2) is 3.28. The van der Waals surface area contributed by atoms with E-state index in [4.69, 9.17) is 16.7 Å². The van der Waals surface area contributed by atoms with E-state index in [9.17, 15) is 8.42 Å². The van der Waals surface area contributed by atoms with Crippen LogP contribution in [0.3, 0.4) is 0 Å². The molecule has 0 fully saturated rings. The summed E-state index contributed by atoms with van der Waals surface area (Å²) in [6.07, 6.45) is 1.27. The first-order valence-corrected chi connectivity index (χ1v) is 5.52. The molecule has 74 valence electrons. The SMILES string of the molecule is CC(C)n1ncc(Cl)c1S(N)(=O)=O. The number of sulfonamides is 1. The molecule has 13 heavy (non-hydrogen) atoms. The van der Waals surface area contributed by atoms with Crippen molar-refractivity contribution in [2.75, 3.05) is 0 Å². The molecule has 0 radical (unpaired) electrons. The molecule has 0 bridgehead atoms. The molecule has 0 aromatic carbocycles. The fraction of sp³-hybridized carbons (Fsp3) is 0.500. The van der Waals surface area contributed by atoms with Gasteiger partial charge in [-0.05, 0) is 13.8 Å². The number of hydrogen-bond donors (Lipinski definition) is 1. The van der Waals surface area contributed by atoms with Crippen LogP contribution in [0.15, 0.2) is 11.2 Å². The van der Waals surface area contributed by atoms with Crippen LogP contribution in [0.4, 0.5) is 0 Å². The standard InChI is InChI=1S/C6H10ClN3O2S/c1-4(2)10-6(13(8,11)12)5(7)3-9-10/h3-4H,1-2H3,(H2,8,11,12). The predicted octanol–water partition coefficient (Wildman–Crippen LogP) is 0.765. The van der Waals surface area contributed by atoms with Crippen molar-refractivity contribution in [3.8, 4) is 0 Å². The highest BCUT2D eigenvalue weighted by Crippen LogP contribution is 2.22. The van der Waals surface area contributed by atoms with Gasteiger partial charge < -0.3 is 0 Å². The second-order valence-electron chi connectivity index (χ2n) is 2.88. The summed E-state index contributed by atoms with van der Waals surface area (Å²) in [5.74, 6) is 0. The molecule has 2 N–H and O–H groups in total. The van der Waals surface area contributed by atoms with Crippen LogP contribution in [0.5, 0.6) is 0 Å². The third-order valence-corrected chi connectivity index (χ3v) is 2.80. The van der Waals surface area contributed by atoms with E-state index < -0.39 is 10.0 Å². The van der Waals surface area contributed by atoms with Crippen LogP contribution in [-0.4, -0.2) is 18.2 Å². The van der Waals surface area contributed by atoms with Crippen molar-refractivity contribution in [3.63, 3.8) is 0 Å². The van der Waals surface area contributed by atoms with Crippen molar-refractivity contribution < 1.29 is 8.42 Å². The Balaban J connectivity index is 3.42. The van der Waals surface area contributed by atoms with Crippen molar-refractivity contribution >= 4 is 21.6 Å². The molecule has 1 heterocycles. The Bertz CT molecular complexity index is 410. The van der Waals surface area contributed by atoms with Crippen LogP contribution in [0, 0.1) is 0 Å². The predicted molar refractivity (Wildman–Crippen MR) is 49.0 cm³/mol. The average molecular weight is 224 g/mol. The molecule has 0 saturated carbocycles. The Hall–Kier alpha value is -0.590. The molecule has 0 saturated heterocycles. The van der Waals surface area contributed by atoms with Crippen LogP contribution >= 0.6 is 11.6 Å². The van der Waals surface area contributed by atoms with Crippen molar-refractivity contribution in [3.05, 3.63) is 11.2 Å². The lowest BCUT2D eigenvalue weighted by Crippen LogP contribution is -2.19. The van der Waals surface area contributed by atoms with Gasteiger partial charge in [-0.25, -0.2) is 18.2 Å². The molecule has 7 heteroatoms. The molecule has 1 rings (SSSR count). The van der Waals surface area contributed by atoms with Crippen molar-refractivity contribution in [2.45, 2.75) is 24.9 Å². The normalized spacial score (nSPS) is 12.4. The lowest BCUT2D eigenvalue weighted by molar-refractivity contribution is 0.479. The van der Waals surface area contributed by atoms with E-state index in [1.165, 1.54) is 10.9 Å². The highest BCUT2D eigenvalue weighted by molar-refractivity contribution is 7.89. The summed E-state index contributed by atoms with van der Waals surface area (Å²) < 4.78 is 23.4. The molecule has 1 aromatic heterocycles. The maximum Gasteiger partial charge on any atom is 0.256 e. The van der Waals surface area contributed by atoms with Gasteiger partial charge in [-0.3, -0.25) is 0 Å². The van der Waals surface area contributed by atoms with E-state index >= 15 is 0 Å². The van der Waals surface area contributed by atoms with E-state index in [-0.39, 0.29) is 16.1 Å². The summed E-state index contributed by atoms with van der Waals surface area (Å²) >= 11 is 5.63. The highest BCUT2D eigenvalue weighted by Gasteiger charge is 2.21. The number of primary sulfonamides is 1. The molecule has 5 nitrogen and oxygen atoms in total. The molecule has 0 aliphatic carbocycles. The third kappa shape index (κ3) is 2.01. The van der Waals surface area contributed by atoms with Crippen LogP contribution < -0.4 is 5.14 Å². The number of rotatable bonds is 2. The number of aromatic nitrogens is 2. The first-order valence-electron chi connectivity index (χ1n) is 3.60. The summed E-state index contributed by atoms with van der Waals surface area (Å²) in [7, 11) is -3.80. The summed E-state index contributed by atoms with van der Waals surface area (Å²) in [5.41, 5.74) is 0. The molecule has 0 aliphatic rings. The van der Waals surface area contributed by atoms with Crippen LogP contribution in [-0.2, 0) is 10.0 Å². The van der Waals surface area contributed by atoms with E-state index in [2.05, 4.69) is 5.10 Å². The number of nitrogens with zero attached hydrogens (tertiary/aromatic N) is 2. The van der Waals surface area contributed by atoms with E-state index in [0.717, 1.165) is 0 Å². The first-order chi connectivity index (χ1) is 5.84. The van der Waals surface area contributed by atoms with Gasteiger partial charge in [0, 0.05) is 6.04 Å². The number of hydrogen-bond acceptors (Lipinski definition) is 3. The Morgan fingerprint density at radius 2 is 2.15 bits per heavy atom. The minimum absolute atomic E-state index is 0.0520. The van der Waals surface area contributed by atoms with Gasteiger partial charge >= 0.3 is 0 Å². The van der Waals surface area contributed by atoms with Gasteiger partial charge in [0.2, 0.25) is 0 Å². The zero-order chi connectivity index (χ0) is 10.2. The zero-order valence-electron chi connectivity index (χ0n) is 7.23. The summed E-state index contributed by atoms with van der Waals surface area (Å²) in [6.45, 7) is 3.58. The topological polar surface area (TPSA) is 78.0 Å². The first kappa shape index (κ1) is 10.5. The smallest absolute Gasteiger partial charge is 0.249 e. The highest BCUT2D eigenvalue weighted by atomic mass is 35.5. The number of halogens is 1. The molecule has 0 unspecified atom stereocenters. The van der Waals surface area contributed by atoms with E-state index in [1.807, 2.05) is 0 Å². The van der Waals surface area contributed by atoms with E-state index in [0.29, 0.717) is 0 Å². The fourth-order valence-electron chi connectivity index (χ4n) is 0.964. The molecule has 0 atom stereocenters. The second-order valence-corrected chi connectivity index (χ2v) is 4.76. The average Bonchev–Trinajstić information content (AvgIpc) is 2.28. The Labute approximate surface area is 81.5 Å². The van der Waals surface area contributed by atoms with Crippen molar-refractivity contribution in [1.29, 1.82) is 0 Å². The van der Waals surface area contributed by atoms with Gasteiger partial charge in [0.05, 0.1) is 11.2 Å². The Morgan fingerprint density at radius 1 is 1.62 bits per heavy atom. The molecule has 0 amide bonds. The largest absolute Gasteiger partial charge is 0.256 e. The van der Waals surface area contributed by atoms with Crippen molar-refractivity contribution in [1.82, 2.24) is 9.78 Å². The molecular formula is C6H10ClN3O2S. The monoisotopic (exact) mass is 223 g/mol. The van der Waals surface area contributed by atoms with Gasteiger partial charge in [-0.15, -0.1) is 0 Å². The van der Waals surface area contributed by atoms with E-state index in [1.54, 1.807) is 13.8 Å². The molecule has 0 spiro atoms. The molecule has 0 aliphatic heterocycles. The van der Waals surface area contributed by atoms with Crippen LogP contribution in [0.2, 0.25) is 5.02 Å². The quantitative estimate of drug-likeness (QED) is 0.804.